The van der Waals surface area contributed by atoms with Gasteiger partial charge >= 0.3 is 0 Å². The molecule has 14 heavy (non-hydrogen) atoms. The third kappa shape index (κ3) is 2.67. The van der Waals surface area contributed by atoms with E-state index in [4.69, 9.17) is 18.0 Å². The molecular weight excluding hydrogens is 196 g/mol. The molecular formula is C10H18N2OS. The fraction of sp³-hybridized carbons (Fsp3) is 0.800. The second-order valence-corrected chi connectivity index (χ2v) is 4.48. The topological polar surface area (TPSA) is 55.1 Å². The summed E-state index contributed by atoms with van der Waals surface area (Å²) >= 11 is 5.07. The zero-order valence-corrected chi connectivity index (χ0v) is 9.45. The van der Waals surface area contributed by atoms with Crippen molar-refractivity contribution in [1.29, 1.82) is 0 Å². The van der Waals surface area contributed by atoms with Gasteiger partial charge in [0.25, 0.3) is 0 Å². The van der Waals surface area contributed by atoms with Crippen LogP contribution in [0.1, 0.15) is 45.4 Å². The zero-order chi connectivity index (χ0) is 10.6. The number of hydrogen-bond acceptors (Lipinski definition) is 2. The summed E-state index contributed by atoms with van der Waals surface area (Å²) in [5.74, 6) is -0.0419. The summed E-state index contributed by atoms with van der Waals surface area (Å²) in [6, 6.07) is 0. The van der Waals surface area contributed by atoms with E-state index >= 15 is 0 Å². The average Bonchev–Trinajstić information content (AvgIpc) is 2.29. The number of rotatable bonds is 2. The van der Waals surface area contributed by atoms with Gasteiger partial charge in [-0.15, -0.1) is 0 Å². The Morgan fingerprint density at radius 3 is 2.14 bits per heavy atom. The van der Waals surface area contributed by atoms with Gasteiger partial charge in [0, 0.05) is 6.92 Å². The first kappa shape index (κ1) is 11.4. The number of hydrogen-bond donors (Lipinski definition) is 2. The van der Waals surface area contributed by atoms with Crippen LogP contribution >= 0.6 is 12.2 Å². The van der Waals surface area contributed by atoms with Crippen LogP contribution in [-0.2, 0) is 4.79 Å². The number of nitrogens with one attached hydrogen (secondary N) is 1. The standard InChI is InChI=1S/C10H18N2OS/c1-8(13)12-10(9(11)14)6-4-2-3-5-7-10/h2-7H2,1H3,(H2,11,14)(H,12,13). The molecule has 3 N–H and O–H groups in total. The molecule has 0 radical (unpaired) electrons. The van der Waals surface area contributed by atoms with Crippen LogP contribution in [0.25, 0.3) is 0 Å². The quantitative estimate of drug-likeness (QED) is 0.541. The molecule has 0 atom stereocenters. The van der Waals surface area contributed by atoms with Gasteiger partial charge in [-0.25, -0.2) is 0 Å². The first-order valence-electron chi connectivity index (χ1n) is 5.15. The lowest BCUT2D eigenvalue weighted by Gasteiger charge is -2.32. The van der Waals surface area contributed by atoms with Gasteiger partial charge in [0.1, 0.15) is 0 Å². The second-order valence-electron chi connectivity index (χ2n) is 4.04. The monoisotopic (exact) mass is 214 g/mol. The minimum atomic E-state index is -0.405. The van der Waals surface area contributed by atoms with Gasteiger partial charge < -0.3 is 11.1 Å². The van der Waals surface area contributed by atoms with E-state index < -0.39 is 5.54 Å². The highest BCUT2D eigenvalue weighted by Crippen LogP contribution is 2.27. The first-order chi connectivity index (χ1) is 6.57. The number of carbonyl (C=O) groups excluding carboxylic acids is 1. The van der Waals surface area contributed by atoms with E-state index in [2.05, 4.69) is 5.32 Å². The van der Waals surface area contributed by atoms with Crippen molar-refractivity contribution in [3.05, 3.63) is 0 Å². The van der Waals surface area contributed by atoms with E-state index in [1.807, 2.05) is 0 Å². The summed E-state index contributed by atoms with van der Waals surface area (Å²) in [5, 5.41) is 2.93. The van der Waals surface area contributed by atoms with Crippen molar-refractivity contribution in [2.24, 2.45) is 5.73 Å². The van der Waals surface area contributed by atoms with E-state index in [1.54, 1.807) is 0 Å². The summed E-state index contributed by atoms with van der Waals surface area (Å²) < 4.78 is 0. The molecule has 1 amide bonds. The fourth-order valence-corrected chi connectivity index (χ4v) is 2.36. The van der Waals surface area contributed by atoms with Crippen molar-refractivity contribution in [3.8, 4) is 0 Å². The van der Waals surface area contributed by atoms with E-state index in [-0.39, 0.29) is 5.91 Å². The van der Waals surface area contributed by atoms with E-state index in [1.165, 1.54) is 19.8 Å². The Bertz CT molecular complexity index is 232. The largest absolute Gasteiger partial charge is 0.391 e. The summed E-state index contributed by atoms with van der Waals surface area (Å²) in [7, 11) is 0. The maximum absolute atomic E-state index is 11.1. The minimum Gasteiger partial charge on any atom is -0.391 e. The number of thiocarbonyl (C=S) groups is 1. The molecule has 1 rings (SSSR count). The van der Waals surface area contributed by atoms with Crippen molar-refractivity contribution in [1.82, 2.24) is 5.32 Å². The SMILES string of the molecule is CC(=O)NC1(C(N)=S)CCCCCC1. The highest BCUT2D eigenvalue weighted by molar-refractivity contribution is 7.80. The van der Waals surface area contributed by atoms with Crippen LogP contribution in [-0.4, -0.2) is 16.4 Å². The third-order valence-corrected chi connectivity index (χ3v) is 3.23. The Kier molecular flexibility index (Phi) is 3.86. The number of amides is 1. The van der Waals surface area contributed by atoms with Crippen molar-refractivity contribution < 1.29 is 4.79 Å². The normalized spacial score (nSPS) is 20.9. The molecule has 0 saturated heterocycles. The third-order valence-electron chi connectivity index (χ3n) is 2.84. The molecule has 0 unspecified atom stereocenters. The summed E-state index contributed by atoms with van der Waals surface area (Å²) in [6.45, 7) is 1.52. The summed E-state index contributed by atoms with van der Waals surface area (Å²) in [4.78, 5) is 11.5. The molecule has 4 heteroatoms. The Labute approximate surface area is 90.4 Å². The predicted octanol–water partition coefficient (Wildman–Crippen LogP) is 1.50. The lowest BCUT2D eigenvalue weighted by molar-refractivity contribution is -0.120. The molecule has 0 aliphatic heterocycles. The molecule has 3 nitrogen and oxygen atoms in total. The minimum absolute atomic E-state index is 0.0419. The summed E-state index contributed by atoms with van der Waals surface area (Å²) in [6.07, 6.45) is 6.40. The smallest absolute Gasteiger partial charge is 0.217 e. The van der Waals surface area contributed by atoms with Crippen LogP contribution in [0.5, 0.6) is 0 Å². The second kappa shape index (κ2) is 4.73. The van der Waals surface area contributed by atoms with Gasteiger partial charge in [-0.2, -0.15) is 0 Å². The lowest BCUT2D eigenvalue weighted by Crippen LogP contribution is -2.55. The molecule has 0 heterocycles. The Morgan fingerprint density at radius 1 is 1.29 bits per heavy atom. The Morgan fingerprint density at radius 2 is 1.79 bits per heavy atom. The molecule has 0 aromatic carbocycles. The lowest BCUT2D eigenvalue weighted by atomic mass is 9.90. The molecule has 1 fully saturated rings. The first-order valence-corrected chi connectivity index (χ1v) is 5.56. The van der Waals surface area contributed by atoms with Gasteiger partial charge in [-0.1, -0.05) is 37.9 Å². The fourth-order valence-electron chi connectivity index (χ4n) is 2.10. The van der Waals surface area contributed by atoms with Crippen molar-refractivity contribution in [2.45, 2.75) is 51.0 Å². The maximum Gasteiger partial charge on any atom is 0.217 e. The van der Waals surface area contributed by atoms with E-state index in [0.717, 1.165) is 25.7 Å². The van der Waals surface area contributed by atoms with Gasteiger partial charge in [0.2, 0.25) is 5.91 Å². The van der Waals surface area contributed by atoms with Crippen molar-refractivity contribution in [3.63, 3.8) is 0 Å². The highest BCUT2D eigenvalue weighted by atomic mass is 32.1. The van der Waals surface area contributed by atoms with Crippen LogP contribution in [0.2, 0.25) is 0 Å². The molecule has 1 saturated carbocycles. The van der Waals surface area contributed by atoms with Crippen LogP contribution in [0.4, 0.5) is 0 Å². The van der Waals surface area contributed by atoms with Gasteiger partial charge in [0.15, 0.2) is 0 Å². The highest BCUT2D eigenvalue weighted by Gasteiger charge is 2.34. The molecule has 1 aliphatic rings. The van der Waals surface area contributed by atoms with Crippen LogP contribution in [0.3, 0.4) is 0 Å². The molecule has 0 aromatic heterocycles. The number of carbonyl (C=O) groups is 1. The predicted molar refractivity (Wildman–Crippen MR) is 61.0 cm³/mol. The average molecular weight is 214 g/mol. The Balaban J connectivity index is 2.77. The number of nitrogens with two attached hydrogens (primary N) is 1. The molecule has 0 bridgehead atoms. The Hall–Kier alpha value is -0.640. The van der Waals surface area contributed by atoms with Crippen LogP contribution in [0.15, 0.2) is 0 Å². The van der Waals surface area contributed by atoms with Gasteiger partial charge in [-0.05, 0) is 12.8 Å². The van der Waals surface area contributed by atoms with E-state index in [0.29, 0.717) is 4.99 Å². The zero-order valence-electron chi connectivity index (χ0n) is 8.64. The molecule has 80 valence electrons. The maximum atomic E-state index is 11.1. The molecule has 0 aromatic rings. The van der Waals surface area contributed by atoms with Crippen molar-refractivity contribution >= 4 is 23.1 Å². The summed E-state index contributed by atoms with van der Waals surface area (Å²) in [5.41, 5.74) is 5.33. The van der Waals surface area contributed by atoms with E-state index in [9.17, 15) is 4.79 Å². The van der Waals surface area contributed by atoms with Crippen LogP contribution in [0, 0.1) is 0 Å². The van der Waals surface area contributed by atoms with Crippen LogP contribution < -0.4 is 11.1 Å². The molecule has 1 aliphatic carbocycles. The molecule has 0 spiro atoms. The van der Waals surface area contributed by atoms with Crippen molar-refractivity contribution in [2.75, 3.05) is 0 Å². The van der Waals surface area contributed by atoms with Gasteiger partial charge in [0.05, 0.1) is 10.5 Å². The van der Waals surface area contributed by atoms with Gasteiger partial charge in [-0.3, -0.25) is 4.79 Å².